The Morgan fingerprint density at radius 2 is 1.81 bits per heavy atom. The first-order valence-electron chi connectivity index (χ1n) is 7.70. The third-order valence-electron chi connectivity index (χ3n) is 3.74. The molecule has 130 valence electrons. The van der Waals surface area contributed by atoms with E-state index in [1.54, 1.807) is 22.7 Å². The van der Waals surface area contributed by atoms with Gasteiger partial charge in [-0.15, -0.1) is 0 Å². The molecule has 0 unspecified atom stereocenters. The minimum atomic E-state index is -0.405. The molecule has 4 rings (SSSR count). The third kappa shape index (κ3) is 3.02. The van der Waals surface area contributed by atoms with Gasteiger partial charge in [-0.25, -0.2) is 23.7 Å². The molecular formula is C17H13F2N7. The minimum Gasteiger partial charge on any atom is -0.394 e. The minimum absolute atomic E-state index is 0.308. The van der Waals surface area contributed by atoms with Gasteiger partial charge in [0.2, 0.25) is 0 Å². The highest BCUT2D eigenvalue weighted by molar-refractivity contribution is 5.65. The summed E-state index contributed by atoms with van der Waals surface area (Å²) in [6, 6.07) is 5.79. The molecule has 0 amide bonds. The van der Waals surface area contributed by atoms with Crippen LogP contribution in [0.2, 0.25) is 0 Å². The fourth-order valence-electron chi connectivity index (χ4n) is 2.46. The molecule has 0 aliphatic heterocycles. The van der Waals surface area contributed by atoms with Crippen LogP contribution in [0.25, 0.3) is 17.2 Å². The molecule has 7 nitrogen and oxygen atoms in total. The van der Waals surface area contributed by atoms with Crippen molar-refractivity contribution >= 4 is 17.2 Å². The lowest BCUT2D eigenvalue weighted by Gasteiger charge is -2.09. The zero-order valence-electron chi connectivity index (χ0n) is 13.4. The third-order valence-corrected chi connectivity index (χ3v) is 3.74. The number of nitrogen functional groups attached to an aromatic ring is 1. The van der Waals surface area contributed by atoms with E-state index in [1.807, 2.05) is 0 Å². The number of aromatic nitrogens is 5. The Labute approximate surface area is 146 Å². The van der Waals surface area contributed by atoms with Gasteiger partial charge in [0, 0.05) is 6.20 Å². The summed E-state index contributed by atoms with van der Waals surface area (Å²) >= 11 is 0. The first kappa shape index (κ1) is 15.9. The molecule has 0 saturated heterocycles. The molecule has 4 heterocycles. The van der Waals surface area contributed by atoms with Gasteiger partial charge in [0.25, 0.3) is 0 Å². The van der Waals surface area contributed by atoms with E-state index >= 15 is 0 Å². The van der Waals surface area contributed by atoms with Crippen molar-refractivity contribution in [3.8, 4) is 11.5 Å². The van der Waals surface area contributed by atoms with Crippen molar-refractivity contribution in [2.24, 2.45) is 0 Å². The Bertz CT molecular complexity index is 1080. The summed E-state index contributed by atoms with van der Waals surface area (Å²) in [6.07, 6.45) is 5.47. The topological polar surface area (TPSA) is 94.0 Å². The Morgan fingerprint density at radius 3 is 2.62 bits per heavy atom. The summed E-state index contributed by atoms with van der Waals surface area (Å²) in [6.45, 7) is 0.308. The fraction of sp³-hybridized carbons (Fsp3) is 0.0588. The van der Waals surface area contributed by atoms with Crippen molar-refractivity contribution < 1.29 is 8.78 Å². The van der Waals surface area contributed by atoms with Crippen molar-refractivity contribution in [3.05, 3.63) is 66.4 Å². The molecule has 4 aromatic rings. The van der Waals surface area contributed by atoms with Crippen molar-refractivity contribution in [3.63, 3.8) is 0 Å². The predicted octanol–water partition coefficient (Wildman–Crippen LogP) is 2.66. The molecule has 0 saturated carbocycles. The van der Waals surface area contributed by atoms with Crippen molar-refractivity contribution in [2.45, 2.75) is 6.54 Å². The number of nitrogens with one attached hydrogen (secondary N) is 1. The molecule has 0 aliphatic carbocycles. The highest BCUT2D eigenvalue weighted by Gasteiger charge is 2.12. The molecule has 0 bridgehead atoms. The van der Waals surface area contributed by atoms with Gasteiger partial charge < -0.3 is 11.1 Å². The van der Waals surface area contributed by atoms with Crippen molar-refractivity contribution in [1.82, 2.24) is 24.3 Å². The van der Waals surface area contributed by atoms with Crippen LogP contribution in [-0.4, -0.2) is 24.3 Å². The number of anilines is 2. The average Bonchev–Trinajstić information content (AvgIpc) is 3.05. The zero-order valence-corrected chi connectivity index (χ0v) is 13.4. The maximum Gasteiger partial charge on any atom is 0.180 e. The van der Waals surface area contributed by atoms with Crippen molar-refractivity contribution in [1.29, 1.82) is 0 Å². The standard InChI is InChI=1S/C17H13F2N7/c18-10-1-3-12(21-5-10)6-23-16-13(20)7-24-17(25-16)14-8-22-15-4-2-11(19)9-26(14)15/h1-5,7-9H,6,20H2,(H,23,24,25). The second-order valence-corrected chi connectivity index (χ2v) is 5.54. The van der Waals surface area contributed by atoms with Crippen LogP contribution in [-0.2, 0) is 6.54 Å². The summed E-state index contributed by atoms with van der Waals surface area (Å²) in [4.78, 5) is 16.8. The Kier molecular flexibility index (Phi) is 3.88. The number of halogens is 2. The number of nitrogens with zero attached hydrogens (tertiary/aromatic N) is 5. The van der Waals surface area contributed by atoms with Crippen LogP contribution in [0, 0.1) is 11.6 Å². The summed E-state index contributed by atoms with van der Waals surface area (Å²) in [5.74, 6) is -0.0651. The van der Waals surface area contributed by atoms with Crippen LogP contribution in [0.5, 0.6) is 0 Å². The summed E-state index contributed by atoms with van der Waals surface area (Å²) in [7, 11) is 0. The Morgan fingerprint density at radius 1 is 0.962 bits per heavy atom. The average molecular weight is 353 g/mol. The molecule has 3 N–H and O–H groups in total. The SMILES string of the molecule is Nc1cnc(-c2cnc3ccc(F)cn23)nc1NCc1ccc(F)cn1. The van der Waals surface area contributed by atoms with E-state index in [4.69, 9.17) is 5.73 Å². The number of nitrogens with two attached hydrogens (primary N) is 1. The molecule has 0 aliphatic rings. The van der Waals surface area contributed by atoms with Crippen molar-refractivity contribution in [2.75, 3.05) is 11.1 Å². The molecule has 4 aromatic heterocycles. The zero-order chi connectivity index (χ0) is 18.1. The first-order chi connectivity index (χ1) is 12.6. The van der Waals surface area contributed by atoms with E-state index in [0.717, 1.165) is 6.20 Å². The van der Waals surface area contributed by atoms with Gasteiger partial charge >= 0.3 is 0 Å². The Balaban J connectivity index is 1.65. The summed E-state index contributed by atoms with van der Waals surface area (Å²) in [5.41, 5.74) is 7.99. The fourth-order valence-corrected chi connectivity index (χ4v) is 2.46. The van der Waals surface area contributed by atoms with Crippen LogP contribution in [0.1, 0.15) is 5.69 Å². The normalized spacial score (nSPS) is 11.0. The number of fused-ring (bicyclic) bond motifs is 1. The van der Waals surface area contributed by atoms with E-state index in [9.17, 15) is 8.78 Å². The molecule has 0 radical (unpaired) electrons. The van der Waals surface area contributed by atoms with Gasteiger partial charge in [-0.05, 0) is 24.3 Å². The number of imidazole rings is 1. The smallest absolute Gasteiger partial charge is 0.180 e. The van der Waals surface area contributed by atoms with E-state index in [1.165, 1.54) is 24.5 Å². The lowest BCUT2D eigenvalue weighted by Crippen LogP contribution is -2.08. The van der Waals surface area contributed by atoms with Gasteiger partial charge in [0.1, 0.15) is 23.0 Å². The monoisotopic (exact) mass is 353 g/mol. The summed E-state index contributed by atoms with van der Waals surface area (Å²) in [5, 5.41) is 3.05. The van der Waals surface area contributed by atoms with E-state index in [-0.39, 0.29) is 0 Å². The van der Waals surface area contributed by atoms with Crippen LogP contribution < -0.4 is 11.1 Å². The number of hydrogen-bond acceptors (Lipinski definition) is 6. The maximum atomic E-state index is 13.5. The molecule has 0 fully saturated rings. The molecule has 9 heteroatoms. The number of hydrogen-bond donors (Lipinski definition) is 2. The van der Waals surface area contributed by atoms with Crippen LogP contribution in [0.15, 0.2) is 49.1 Å². The second kappa shape index (κ2) is 6.36. The molecular weight excluding hydrogens is 340 g/mol. The first-order valence-corrected chi connectivity index (χ1v) is 7.70. The molecule has 26 heavy (non-hydrogen) atoms. The largest absolute Gasteiger partial charge is 0.394 e. The van der Waals surface area contributed by atoms with Crippen LogP contribution in [0.3, 0.4) is 0 Å². The predicted molar refractivity (Wildman–Crippen MR) is 92.1 cm³/mol. The van der Waals surface area contributed by atoms with E-state index in [2.05, 4.69) is 25.3 Å². The van der Waals surface area contributed by atoms with Gasteiger partial charge in [0.05, 0.1) is 36.5 Å². The molecule has 0 spiro atoms. The number of rotatable bonds is 4. The Hall–Kier alpha value is -3.62. The van der Waals surface area contributed by atoms with Gasteiger partial charge in [0.15, 0.2) is 11.6 Å². The van der Waals surface area contributed by atoms with Crippen LogP contribution in [0.4, 0.5) is 20.3 Å². The number of pyridine rings is 2. The van der Waals surface area contributed by atoms with E-state index in [0.29, 0.717) is 40.9 Å². The van der Waals surface area contributed by atoms with Gasteiger partial charge in [-0.3, -0.25) is 9.38 Å². The van der Waals surface area contributed by atoms with Gasteiger partial charge in [-0.1, -0.05) is 0 Å². The lowest BCUT2D eigenvalue weighted by atomic mass is 10.3. The van der Waals surface area contributed by atoms with E-state index < -0.39 is 11.6 Å². The highest BCUT2D eigenvalue weighted by atomic mass is 19.1. The van der Waals surface area contributed by atoms with Crippen LogP contribution >= 0.6 is 0 Å². The highest BCUT2D eigenvalue weighted by Crippen LogP contribution is 2.22. The molecule has 0 atom stereocenters. The lowest BCUT2D eigenvalue weighted by molar-refractivity contribution is 0.619. The second-order valence-electron chi connectivity index (χ2n) is 5.54. The summed E-state index contributed by atoms with van der Waals surface area (Å²) < 4.78 is 28.0. The van der Waals surface area contributed by atoms with Gasteiger partial charge in [-0.2, -0.15) is 0 Å². The quantitative estimate of drug-likeness (QED) is 0.586. The molecule has 0 aromatic carbocycles. The maximum absolute atomic E-state index is 13.5.